The molecule has 0 fully saturated rings. The molecule has 1 aromatic rings. The van der Waals surface area contributed by atoms with Crippen LogP contribution in [0.3, 0.4) is 0 Å². The Balaban J connectivity index is 2.30. The van der Waals surface area contributed by atoms with Crippen molar-refractivity contribution in [3.8, 4) is 11.5 Å². The summed E-state index contributed by atoms with van der Waals surface area (Å²) in [6.07, 6.45) is 5.48. The third-order valence-electron chi connectivity index (χ3n) is 3.68. The number of benzene rings is 1. The van der Waals surface area contributed by atoms with E-state index < -0.39 is 0 Å². The average molecular weight is 320 g/mol. The van der Waals surface area contributed by atoms with E-state index in [4.69, 9.17) is 9.47 Å². The van der Waals surface area contributed by atoms with Crippen LogP contribution >= 0.6 is 0 Å². The zero-order valence-corrected chi connectivity index (χ0v) is 14.6. The molecular weight excluding hydrogens is 292 g/mol. The van der Waals surface area contributed by atoms with Crippen LogP contribution in [0.2, 0.25) is 0 Å². The van der Waals surface area contributed by atoms with Gasteiger partial charge in [0.15, 0.2) is 11.5 Å². The van der Waals surface area contributed by atoms with Gasteiger partial charge >= 0.3 is 5.97 Å². The molecule has 0 heterocycles. The normalized spacial score (nSPS) is 11.7. The highest BCUT2D eigenvalue weighted by Gasteiger charge is 2.09. The second-order valence-corrected chi connectivity index (χ2v) is 6.16. The summed E-state index contributed by atoms with van der Waals surface area (Å²) in [7, 11) is 1.48. The Labute approximate surface area is 139 Å². The minimum absolute atomic E-state index is 0.0646. The number of carbonyl (C=O) groups is 1. The molecular formula is C19H28O4. The third kappa shape index (κ3) is 7.73. The number of rotatable bonds is 9. The van der Waals surface area contributed by atoms with Crippen LogP contribution < -0.4 is 4.74 Å². The lowest BCUT2D eigenvalue weighted by Gasteiger charge is -2.11. The molecule has 0 aliphatic heterocycles. The quantitative estimate of drug-likeness (QED) is 0.545. The number of esters is 1. The van der Waals surface area contributed by atoms with E-state index in [1.165, 1.54) is 18.7 Å². The molecule has 4 nitrogen and oxygen atoms in total. The number of carbonyl (C=O) groups excluding carboxylic acids is 1. The fraction of sp³-hybridized carbons (Fsp3) is 0.526. The van der Waals surface area contributed by atoms with Gasteiger partial charge in [-0.3, -0.25) is 4.79 Å². The number of aromatic hydroxyl groups is 1. The monoisotopic (exact) mass is 320 g/mol. The number of ether oxygens (including phenoxy) is 2. The number of hydrogen-bond donors (Lipinski definition) is 1. The molecule has 1 atom stereocenters. The molecule has 1 aromatic carbocycles. The summed E-state index contributed by atoms with van der Waals surface area (Å²) >= 11 is 0. The largest absolute Gasteiger partial charge is 0.504 e. The molecule has 0 bridgehead atoms. The number of phenolic OH excluding ortho intramolecular Hbond substituents is 1. The number of phenols is 1. The molecule has 0 aliphatic carbocycles. The molecule has 0 radical (unpaired) electrons. The van der Waals surface area contributed by atoms with E-state index in [1.54, 1.807) is 12.1 Å². The highest BCUT2D eigenvalue weighted by atomic mass is 16.5. The van der Waals surface area contributed by atoms with Gasteiger partial charge in [0.05, 0.1) is 20.1 Å². The average Bonchev–Trinajstić information content (AvgIpc) is 2.48. The van der Waals surface area contributed by atoms with Crippen LogP contribution in [0.1, 0.15) is 45.6 Å². The zero-order valence-electron chi connectivity index (χ0n) is 14.6. The van der Waals surface area contributed by atoms with Gasteiger partial charge in [-0.05, 0) is 56.7 Å². The lowest BCUT2D eigenvalue weighted by Crippen LogP contribution is -2.11. The van der Waals surface area contributed by atoms with Crippen molar-refractivity contribution in [2.24, 2.45) is 5.92 Å². The summed E-state index contributed by atoms with van der Waals surface area (Å²) < 4.78 is 10.3. The summed E-state index contributed by atoms with van der Waals surface area (Å²) in [6.45, 7) is 6.83. The molecule has 4 heteroatoms. The SMILES string of the molecule is COc1cc(CC(=O)OCC[C@H](C)CCC=C(C)C)ccc1O. The molecule has 0 saturated heterocycles. The topological polar surface area (TPSA) is 55.8 Å². The first-order valence-corrected chi connectivity index (χ1v) is 8.07. The molecule has 0 unspecified atom stereocenters. The smallest absolute Gasteiger partial charge is 0.310 e. The van der Waals surface area contributed by atoms with Crippen LogP contribution in [0.4, 0.5) is 0 Å². The highest BCUT2D eigenvalue weighted by molar-refractivity contribution is 5.72. The maximum Gasteiger partial charge on any atom is 0.310 e. The summed E-state index contributed by atoms with van der Waals surface area (Å²) in [5, 5.41) is 9.53. The van der Waals surface area contributed by atoms with Crippen molar-refractivity contribution in [2.45, 2.75) is 46.5 Å². The van der Waals surface area contributed by atoms with Gasteiger partial charge in [0.2, 0.25) is 0 Å². The first kappa shape index (κ1) is 19.1. The van der Waals surface area contributed by atoms with Gasteiger partial charge in [0.1, 0.15) is 0 Å². The number of allylic oxidation sites excluding steroid dienone is 2. The van der Waals surface area contributed by atoms with Gasteiger partial charge in [-0.2, -0.15) is 0 Å². The van der Waals surface area contributed by atoms with Crippen molar-refractivity contribution in [3.05, 3.63) is 35.4 Å². The van der Waals surface area contributed by atoms with E-state index >= 15 is 0 Å². The van der Waals surface area contributed by atoms with E-state index in [0.29, 0.717) is 18.3 Å². The maximum atomic E-state index is 11.8. The summed E-state index contributed by atoms with van der Waals surface area (Å²) in [4.78, 5) is 11.8. The zero-order chi connectivity index (χ0) is 17.2. The predicted octanol–water partition coefficient (Wildman–Crippen LogP) is 4.26. The van der Waals surface area contributed by atoms with Crippen LogP contribution in [0.25, 0.3) is 0 Å². The van der Waals surface area contributed by atoms with Gasteiger partial charge in [-0.25, -0.2) is 0 Å². The van der Waals surface area contributed by atoms with Gasteiger partial charge in [0.25, 0.3) is 0 Å². The van der Waals surface area contributed by atoms with E-state index in [-0.39, 0.29) is 18.1 Å². The summed E-state index contributed by atoms with van der Waals surface area (Å²) in [6, 6.07) is 4.87. The van der Waals surface area contributed by atoms with E-state index in [0.717, 1.165) is 24.8 Å². The van der Waals surface area contributed by atoms with Crippen molar-refractivity contribution >= 4 is 5.97 Å². The van der Waals surface area contributed by atoms with Crippen LogP contribution in [-0.4, -0.2) is 24.8 Å². The predicted molar refractivity (Wildman–Crippen MR) is 91.8 cm³/mol. The van der Waals surface area contributed by atoms with Crippen molar-refractivity contribution < 1.29 is 19.4 Å². The van der Waals surface area contributed by atoms with Crippen LogP contribution in [0.5, 0.6) is 11.5 Å². The van der Waals surface area contributed by atoms with Gasteiger partial charge < -0.3 is 14.6 Å². The molecule has 0 spiro atoms. The molecule has 1 rings (SSSR count). The Morgan fingerprint density at radius 2 is 2.04 bits per heavy atom. The van der Waals surface area contributed by atoms with Crippen LogP contribution in [0, 0.1) is 5.92 Å². The summed E-state index contributed by atoms with van der Waals surface area (Å²) in [5.41, 5.74) is 2.11. The van der Waals surface area contributed by atoms with Gasteiger partial charge in [-0.1, -0.05) is 24.6 Å². The fourth-order valence-corrected chi connectivity index (χ4v) is 2.22. The lowest BCUT2D eigenvalue weighted by atomic mass is 10.0. The van der Waals surface area contributed by atoms with E-state index in [1.807, 2.05) is 0 Å². The van der Waals surface area contributed by atoms with E-state index in [2.05, 4.69) is 26.8 Å². The van der Waals surface area contributed by atoms with E-state index in [9.17, 15) is 9.90 Å². The molecule has 1 N–H and O–H groups in total. The minimum Gasteiger partial charge on any atom is -0.504 e. The molecule has 0 saturated carbocycles. The first-order chi connectivity index (χ1) is 10.9. The van der Waals surface area contributed by atoms with Gasteiger partial charge in [-0.15, -0.1) is 0 Å². The number of methoxy groups -OCH3 is 1. The highest BCUT2D eigenvalue weighted by Crippen LogP contribution is 2.26. The van der Waals surface area contributed by atoms with Crippen molar-refractivity contribution in [2.75, 3.05) is 13.7 Å². The number of hydrogen-bond acceptors (Lipinski definition) is 4. The second-order valence-electron chi connectivity index (χ2n) is 6.16. The minimum atomic E-state index is -0.255. The Hall–Kier alpha value is -1.97. The van der Waals surface area contributed by atoms with Crippen LogP contribution in [-0.2, 0) is 16.0 Å². The Kier molecular flexibility index (Phi) is 8.23. The van der Waals surface area contributed by atoms with Crippen molar-refractivity contribution in [3.63, 3.8) is 0 Å². The Morgan fingerprint density at radius 3 is 2.70 bits per heavy atom. The lowest BCUT2D eigenvalue weighted by molar-refractivity contribution is -0.143. The molecule has 0 aliphatic rings. The third-order valence-corrected chi connectivity index (χ3v) is 3.68. The van der Waals surface area contributed by atoms with Gasteiger partial charge in [0, 0.05) is 0 Å². The Bertz CT molecular complexity index is 530. The fourth-order valence-electron chi connectivity index (χ4n) is 2.22. The maximum absolute atomic E-state index is 11.8. The molecule has 0 aromatic heterocycles. The Morgan fingerprint density at radius 1 is 1.30 bits per heavy atom. The first-order valence-electron chi connectivity index (χ1n) is 8.07. The molecule has 128 valence electrons. The second kappa shape index (κ2) is 9.93. The molecule has 0 amide bonds. The molecule has 23 heavy (non-hydrogen) atoms. The summed E-state index contributed by atoms with van der Waals surface area (Å²) in [5.74, 6) is 0.708. The standard InChI is InChI=1S/C19H28O4/c1-14(2)6-5-7-15(3)10-11-23-19(21)13-16-8-9-17(20)18(12-16)22-4/h6,8-9,12,15,20H,5,7,10-11,13H2,1-4H3/t15-/m1/s1. The van der Waals surface area contributed by atoms with Crippen LogP contribution in [0.15, 0.2) is 29.8 Å². The van der Waals surface area contributed by atoms with Crippen molar-refractivity contribution in [1.29, 1.82) is 0 Å². The van der Waals surface area contributed by atoms with Crippen molar-refractivity contribution in [1.82, 2.24) is 0 Å².